The summed E-state index contributed by atoms with van der Waals surface area (Å²) in [7, 11) is 0. The van der Waals surface area contributed by atoms with Crippen molar-refractivity contribution in [1.82, 2.24) is 9.88 Å². The lowest BCUT2D eigenvalue weighted by Gasteiger charge is -2.29. The van der Waals surface area contributed by atoms with Gasteiger partial charge in [-0.2, -0.15) is 0 Å². The number of nitrogens with one attached hydrogen (secondary N) is 1. The molecule has 7 heteroatoms. The van der Waals surface area contributed by atoms with Gasteiger partial charge in [-0.15, -0.1) is 0 Å². The fraction of sp³-hybridized carbons (Fsp3) is 0.583. The summed E-state index contributed by atoms with van der Waals surface area (Å²) in [6, 6.07) is 1.23. The van der Waals surface area contributed by atoms with Gasteiger partial charge < -0.3 is 15.0 Å². The van der Waals surface area contributed by atoms with Crippen molar-refractivity contribution < 1.29 is 14.8 Å². The smallest absolute Gasteiger partial charge is 0.287 e. The van der Waals surface area contributed by atoms with Crippen LogP contribution in [0.15, 0.2) is 12.3 Å². The maximum absolute atomic E-state index is 12.1. The first-order chi connectivity index (χ1) is 8.69. The minimum Gasteiger partial charge on any atom is -0.391 e. The second kappa shape index (κ2) is 5.40. The molecule has 0 bridgehead atoms. The molecule has 2 N–H and O–H groups in total. The minimum absolute atomic E-state index is 0.123. The molecular formula is C12H19N3O4. The van der Waals surface area contributed by atoms with Gasteiger partial charge in [-0.25, -0.2) is 0 Å². The number of aryl methyl sites for hydroxylation is 1. The Kier molecular flexibility index (Phi) is 4.31. The summed E-state index contributed by atoms with van der Waals surface area (Å²) in [5.74, 6) is -0.444. The van der Waals surface area contributed by atoms with Gasteiger partial charge in [-0.1, -0.05) is 0 Å². The van der Waals surface area contributed by atoms with E-state index in [0.29, 0.717) is 6.54 Å². The van der Waals surface area contributed by atoms with E-state index in [1.54, 1.807) is 27.7 Å². The molecule has 0 aromatic carbocycles. The minimum atomic E-state index is -0.811. The third-order valence-electron chi connectivity index (χ3n) is 3.15. The quantitative estimate of drug-likeness (QED) is 0.622. The molecule has 0 aliphatic rings. The Morgan fingerprint density at radius 2 is 2.21 bits per heavy atom. The molecule has 106 valence electrons. The molecular weight excluding hydrogens is 250 g/mol. The summed E-state index contributed by atoms with van der Waals surface area (Å²) in [6.07, 6.45) is 0.584. The van der Waals surface area contributed by atoms with Crippen LogP contribution in [-0.2, 0) is 6.54 Å². The highest BCUT2D eigenvalue weighted by atomic mass is 16.6. The van der Waals surface area contributed by atoms with Gasteiger partial charge in [0.1, 0.15) is 5.69 Å². The molecule has 0 saturated heterocycles. The van der Waals surface area contributed by atoms with Crippen LogP contribution < -0.4 is 5.32 Å². The average molecular weight is 269 g/mol. The van der Waals surface area contributed by atoms with E-state index in [9.17, 15) is 20.0 Å². The molecule has 0 spiro atoms. The maximum Gasteiger partial charge on any atom is 0.287 e. The number of carbonyl (C=O) groups is 1. The van der Waals surface area contributed by atoms with Gasteiger partial charge in [0.2, 0.25) is 0 Å². The summed E-state index contributed by atoms with van der Waals surface area (Å²) >= 11 is 0. The molecule has 1 heterocycles. The first-order valence-corrected chi connectivity index (χ1v) is 6.04. The number of amides is 1. The standard InChI is InChI=1S/C12H19N3O4/c1-5-14-7-9(15(18)19)6-10(14)11(17)13-12(3,4)8(2)16/h6-8,16H,5H2,1-4H3,(H,13,17). The van der Waals surface area contributed by atoms with Crippen LogP contribution >= 0.6 is 0 Å². The lowest BCUT2D eigenvalue weighted by molar-refractivity contribution is -0.384. The van der Waals surface area contributed by atoms with Gasteiger partial charge in [0, 0.05) is 12.6 Å². The van der Waals surface area contributed by atoms with E-state index in [1.165, 1.54) is 16.8 Å². The van der Waals surface area contributed by atoms with Crippen LogP contribution in [0.1, 0.15) is 38.2 Å². The maximum atomic E-state index is 12.1. The zero-order valence-corrected chi connectivity index (χ0v) is 11.5. The molecule has 1 rings (SSSR count). The molecule has 1 amide bonds. The van der Waals surface area contributed by atoms with Crippen molar-refractivity contribution in [2.24, 2.45) is 0 Å². The lowest BCUT2D eigenvalue weighted by atomic mass is 9.98. The van der Waals surface area contributed by atoms with Crippen molar-refractivity contribution in [1.29, 1.82) is 0 Å². The van der Waals surface area contributed by atoms with Crippen molar-refractivity contribution in [3.05, 3.63) is 28.1 Å². The number of hydrogen-bond acceptors (Lipinski definition) is 4. The van der Waals surface area contributed by atoms with E-state index in [-0.39, 0.29) is 11.4 Å². The number of rotatable bonds is 5. The van der Waals surface area contributed by atoms with Crippen LogP contribution in [0, 0.1) is 10.1 Å². The molecule has 1 atom stereocenters. The number of nitro groups is 1. The molecule has 0 fully saturated rings. The Hall–Kier alpha value is -1.89. The highest BCUT2D eigenvalue weighted by Crippen LogP contribution is 2.18. The van der Waals surface area contributed by atoms with Gasteiger partial charge >= 0.3 is 0 Å². The van der Waals surface area contributed by atoms with Crippen LogP contribution in [-0.4, -0.2) is 32.1 Å². The van der Waals surface area contributed by atoms with Crippen LogP contribution in [0.2, 0.25) is 0 Å². The summed E-state index contributed by atoms with van der Waals surface area (Å²) in [4.78, 5) is 22.3. The van der Waals surface area contributed by atoms with Gasteiger partial charge in [0.25, 0.3) is 11.6 Å². The van der Waals surface area contributed by atoms with Crippen molar-refractivity contribution in [3.8, 4) is 0 Å². The Balaban J connectivity index is 3.03. The first-order valence-electron chi connectivity index (χ1n) is 6.04. The SMILES string of the molecule is CCn1cc([N+](=O)[O-])cc1C(=O)NC(C)(C)C(C)O. The molecule has 7 nitrogen and oxygen atoms in total. The van der Waals surface area contributed by atoms with E-state index in [2.05, 4.69) is 5.32 Å². The van der Waals surface area contributed by atoms with Crippen LogP contribution in [0.25, 0.3) is 0 Å². The summed E-state index contributed by atoms with van der Waals surface area (Å²) in [5, 5.41) is 23.0. The van der Waals surface area contributed by atoms with E-state index in [4.69, 9.17) is 0 Å². The van der Waals surface area contributed by atoms with Crippen LogP contribution in [0.5, 0.6) is 0 Å². The molecule has 1 aromatic heterocycles. The molecule has 19 heavy (non-hydrogen) atoms. The number of carbonyl (C=O) groups excluding carboxylic acids is 1. The number of aromatic nitrogens is 1. The largest absolute Gasteiger partial charge is 0.391 e. The zero-order chi connectivity index (χ0) is 14.8. The topological polar surface area (TPSA) is 97.4 Å². The fourth-order valence-electron chi connectivity index (χ4n) is 1.51. The Bertz CT molecular complexity index is 491. The Morgan fingerprint density at radius 3 is 2.63 bits per heavy atom. The van der Waals surface area contributed by atoms with Crippen molar-refractivity contribution in [3.63, 3.8) is 0 Å². The number of hydrogen-bond donors (Lipinski definition) is 2. The highest BCUT2D eigenvalue weighted by molar-refractivity contribution is 5.94. The van der Waals surface area contributed by atoms with Gasteiger partial charge in [0.05, 0.1) is 22.8 Å². The predicted octanol–water partition coefficient (Wildman–Crippen LogP) is 1.31. The third-order valence-corrected chi connectivity index (χ3v) is 3.15. The highest BCUT2D eigenvalue weighted by Gasteiger charge is 2.28. The number of nitrogens with zero attached hydrogens (tertiary/aromatic N) is 2. The molecule has 1 unspecified atom stereocenters. The summed E-state index contributed by atoms with van der Waals surface area (Å²) in [5.41, 5.74) is -0.723. The van der Waals surface area contributed by atoms with E-state index in [0.717, 1.165) is 0 Å². The van der Waals surface area contributed by atoms with Gasteiger partial charge in [-0.3, -0.25) is 14.9 Å². The number of aliphatic hydroxyl groups excluding tert-OH is 1. The van der Waals surface area contributed by atoms with E-state index in [1.807, 2.05) is 0 Å². The van der Waals surface area contributed by atoms with E-state index < -0.39 is 22.5 Å². The fourth-order valence-corrected chi connectivity index (χ4v) is 1.51. The summed E-state index contributed by atoms with van der Waals surface area (Å²) < 4.78 is 1.51. The first kappa shape index (κ1) is 15.2. The molecule has 0 aliphatic heterocycles. The summed E-state index contributed by atoms with van der Waals surface area (Å²) in [6.45, 7) is 7.18. The molecule has 0 aliphatic carbocycles. The van der Waals surface area contributed by atoms with Crippen molar-refractivity contribution >= 4 is 11.6 Å². The Labute approximate surface area is 111 Å². The van der Waals surface area contributed by atoms with Crippen LogP contribution in [0.4, 0.5) is 5.69 Å². The molecule has 1 aromatic rings. The van der Waals surface area contributed by atoms with E-state index >= 15 is 0 Å². The van der Waals surface area contributed by atoms with Crippen molar-refractivity contribution in [2.45, 2.75) is 45.9 Å². The second-order valence-electron chi connectivity index (χ2n) is 4.98. The van der Waals surface area contributed by atoms with Crippen molar-refractivity contribution in [2.75, 3.05) is 0 Å². The predicted molar refractivity (Wildman–Crippen MR) is 70.0 cm³/mol. The third kappa shape index (κ3) is 3.31. The molecule has 0 radical (unpaired) electrons. The second-order valence-corrected chi connectivity index (χ2v) is 4.98. The van der Waals surface area contributed by atoms with Gasteiger partial charge in [0.15, 0.2) is 0 Å². The normalized spacial score (nSPS) is 13.1. The lowest BCUT2D eigenvalue weighted by Crippen LogP contribution is -2.51. The van der Waals surface area contributed by atoms with Crippen LogP contribution in [0.3, 0.4) is 0 Å². The zero-order valence-electron chi connectivity index (χ0n) is 11.5. The monoisotopic (exact) mass is 269 g/mol. The molecule has 0 saturated carbocycles. The average Bonchev–Trinajstić information content (AvgIpc) is 2.72. The Morgan fingerprint density at radius 1 is 1.63 bits per heavy atom. The van der Waals surface area contributed by atoms with Gasteiger partial charge in [-0.05, 0) is 27.7 Å². The number of aliphatic hydroxyl groups is 1.